The van der Waals surface area contributed by atoms with Gasteiger partial charge in [0.05, 0.1) is 131 Å². The molecule has 3 saturated heterocycles. The topological polar surface area (TPSA) is 452 Å². The van der Waals surface area contributed by atoms with E-state index in [4.69, 9.17) is 66.6 Å². The largest absolute Gasteiger partial charge is 0.494 e. The molecule has 0 aromatic carbocycles. The van der Waals surface area contributed by atoms with E-state index in [2.05, 4.69) is 88.1 Å². The van der Waals surface area contributed by atoms with Gasteiger partial charge < -0.3 is 67.9 Å². The lowest BCUT2D eigenvalue weighted by molar-refractivity contribution is -0.0697. The predicted octanol–water partition coefficient (Wildman–Crippen LogP) is 5.95. The van der Waals surface area contributed by atoms with Crippen LogP contribution in [0.25, 0.3) is 22.6 Å². The van der Waals surface area contributed by atoms with Crippen LogP contribution in [0.1, 0.15) is 154 Å². The quantitative estimate of drug-likeness (QED) is 0.0521. The lowest BCUT2D eigenvalue weighted by Gasteiger charge is -2.39. The second kappa shape index (κ2) is 32.5. The molecule has 19 heterocycles. The van der Waals surface area contributed by atoms with Crippen LogP contribution in [0.3, 0.4) is 0 Å². The highest BCUT2D eigenvalue weighted by atomic mass is 16.5. The number of carbonyl (C=O) groups is 4. The van der Waals surface area contributed by atoms with E-state index in [1.54, 1.807) is 74.5 Å². The van der Waals surface area contributed by atoms with Gasteiger partial charge in [-0.2, -0.15) is 0 Å². The molecule has 0 unspecified atom stereocenters. The molecule has 2 saturated carbocycles. The molecule has 12 aromatic heterocycles. The number of rotatable bonds is 17. The van der Waals surface area contributed by atoms with E-state index in [1.165, 1.54) is 13.3 Å². The molecule has 2 aliphatic carbocycles. The standard InChI is InChI=1S/C21H23N7O2.C21H25N7O.C20H23N7O3.C19H21N7O3/c22-19-18(21(29)25-17-7-23-5-3-15(17)12-1-2-12)20-24-16-4-6-27(14-10-30-11-14)8-13(16)9-28(20)26-19;1-2-8-27-9-6-16-14(11-27)12-28-20(24-16)18(19(22)26-28)21(29)25-17-10-23-7-5-15(17)13-3-4-13;1-11-5-16(29-2)15(6-22-11)24-20(28)17-18(21)25-27-8-12-7-26(13-9-30-10-13)4-3-14(12)23-19(17)27;1-28-15-2-4-21-6-14(15)23-19(27)16-17(20)24-26-8-11-7-25(12-9-29-10-12)5-3-13(11)22-18(16)26/h3,5,7,9,12,14H,1-2,4,6,8,10-11H2,(H2,22,26)(H,25,29);5,7,10,12-13H,2-4,6,8-9,11H2,1H3,(H2,22,26)(H,25,29);5-6,8,13H,3-4,7,9-10H2,1-2H3,(H2,21,25)(H,24,28);2,4,6,8,12H,3,5,7,9-10H2,1H3,(H2,20,24)(H,23,27). The van der Waals surface area contributed by atoms with Crippen LogP contribution in [0, 0.1) is 6.92 Å². The number of ether oxygens (including phenoxy) is 5. The summed E-state index contributed by atoms with van der Waals surface area (Å²) >= 11 is 0. The van der Waals surface area contributed by atoms with E-state index < -0.39 is 11.8 Å². The molecule has 0 spiro atoms. The van der Waals surface area contributed by atoms with Crippen molar-refractivity contribution in [2.45, 2.75) is 128 Å². The second-order valence-corrected chi connectivity index (χ2v) is 31.1. The Labute approximate surface area is 676 Å². The molecule has 37 heteroatoms. The zero-order valence-electron chi connectivity index (χ0n) is 65.9. The van der Waals surface area contributed by atoms with E-state index in [0.717, 1.165) is 230 Å². The number of pyridine rings is 4. The molecule has 0 radical (unpaired) electrons. The average molecular weight is 1600 g/mol. The monoisotopic (exact) mass is 1600 g/mol. The number of nitrogens with one attached hydrogen (secondary N) is 4. The minimum Gasteiger partial charge on any atom is -0.494 e. The summed E-state index contributed by atoms with van der Waals surface area (Å²) in [4.78, 5) is 97.5. The van der Waals surface area contributed by atoms with Gasteiger partial charge in [0.1, 0.15) is 45.1 Å². The number of carbonyl (C=O) groups excluding carboxylic acids is 4. The van der Waals surface area contributed by atoms with Gasteiger partial charge in [-0.3, -0.25) is 58.7 Å². The summed E-state index contributed by atoms with van der Waals surface area (Å²) in [5.41, 5.74) is 41.4. The van der Waals surface area contributed by atoms with Crippen molar-refractivity contribution in [3.63, 3.8) is 0 Å². The summed E-state index contributed by atoms with van der Waals surface area (Å²) in [6, 6.07) is 8.79. The molecular formula is C81H92N28O9. The molecule has 0 atom stereocenters. The minimum absolute atomic E-state index is 0.129. The van der Waals surface area contributed by atoms with Crippen LogP contribution in [0.15, 0.2) is 92.4 Å². The van der Waals surface area contributed by atoms with Crippen LogP contribution in [-0.4, -0.2) is 226 Å². The summed E-state index contributed by atoms with van der Waals surface area (Å²) < 4.78 is 33.0. The Morgan fingerprint density at radius 1 is 0.449 bits per heavy atom. The number of anilines is 8. The number of aryl methyl sites for hydroxylation is 1. The van der Waals surface area contributed by atoms with Crippen LogP contribution < -0.4 is 53.7 Å². The molecule has 37 nitrogen and oxygen atoms in total. The van der Waals surface area contributed by atoms with Crippen molar-refractivity contribution >= 4 is 92.2 Å². The average Bonchev–Trinajstić information content (AvgIpc) is 1.62. The van der Waals surface area contributed by atoms with Crippen LogP contribution in [-0.2, 0) is 66.1 Å². The first-order valence-corrected chi connectivity index (χ1v) is 39.9. The number of hydrogen-bond acceptors (Lipinski definition) is 29. The predicted molar refractivity (Wildman–Crippen MR) is 436 cm³/mol. The van der Waals surface area contributed by atoms with Gasteiger partial charge in [-0.05, 0) is 80.7 Å². The SMILES string of the molecule is CCCN1CCc2nc3c(C(=O)Nc4cnccc4C4CC4)c(N)nn3cc2C1.COc1cc(C)ncc1NC(=O)c1c(N)nn2cc3c(nc12)CCN(C1COC1)C3.COc1ccncc1NC(=O)c1c(N)nn2cc3c(nc12)CCN(C1COC1)C3.Nc1nn2cc3c(nc2c1C(=O)Nc1cnccc1C1CC1)CCN(C1COC1)C3. The van der Waals surface area contributed by atoms with Crippen molar-refractivity contribution in [1.82, 2.24) is 97.9 Å². The second-order valence-electron chi connectivity index (χ2n) is 31.1. The molecule has 610 valence electrons. The van der Waals surface area contributed by atoms with Gasteiger partial charge >= 0.3 is 0 Å². The Balaban J connectivity index is 0.000000108. The Morgan fingerprint density at radius 2 is 0.788 bits per heavy atom. The molecule has 4 amide bonds. The van der Waals surface area contributed by atoms with E-state index in [9.17, 15) is 19.2 Å². The Morgan fingerprint density at radius 3 is 1.14 bits per heavy atom. The summed E-state index contributed by atoms with van der Waals surface area (Å²) in [5, 5.41) is 29.0. The van der Waals surface area contributed by atoms with Crippen LogP contribution >= 0.6 is 0 Å². The van der Waals surface area contributed by atoms with Gasteiger partial charge in [0.15, 0.2) is 45.9 Å². The lowest BCUT2D eigenvalue weighted by Crippen LogP contribution is -2.50. The van der Waals surface area contributed by atoms with Gasteiger partial charge in [0, 0.05) is 161 Å². The number of methoxy groups -OCH3 is 2. The number of nitrogens with two attached hydrogens (primary N) is 4. The molecule has 118 heavy (non-hydrogen) atoms. The van der Waals surface area contributed by atoms with Gasteiger partial charge in [-0.1, -0.05) is 6.92 Å². The highest BCUT2D eigenvalue weighted by Crippen LogP contribution is 2.45. The molecule has 12 N–H and O–H groups in total. The van der Waals surface area contributed by atoms with Crippen molar-refractivity contribution in [2.75, 3.05) is 131 Å². The van der Waals surface area contributed by atoms with E-state index in [-0.39, 0.29) is 46.2 Å². The first-order chi connectivity index (χ1) is 57.5. The van der Waals surface area contributed by atoms with Crippen LogP contribution in [0.2, 0.25) is 0 Å². The number of nitrogen functional groups attached to an aromatic ring is 4. The van der Waals surface area contributed by atoms with Gasteiger partial charge in [0.25, 0.3) is 23.6 Å². The Bertz CT molecular complexity index is 5880. The van der Waals surface area contributed by atoms with Gasteiger partial charge in [0.2, 0.25) is 0 Å². The Hall–Kier alpha value is -12.5. The number of aromatic nitrogens is 16. The number of fused-ring (bicyclic) bond motifs is 8. The maximum absolute atomic E-state index is 13.1. The summed E-state index contributed by atoms with van der Waals surface area (Å²) in [6.45, 7) is 16.8. The number of hydrogen-bond donors (Lipinski definition) is 8. The third kappa shape index (κ3) is 15.5. The Kier molecular flexibility index (Phi) is 21.2. The summed E-state index contributed by atoms with van der Waals surface area (Å²) in [6.07, 6.45) is 28.4. The van der Waals surface area contributed by atoms with E-state index in [0.29, 0.717) is 86.6 Å². The van der Waals surface area contributed by atoms with E-state index >= 15 is 0 Å². The molecule has 5 fully saturated rings. The fourth-order valence-corrected chi connectivity index (χ4v) is 16.2. The van der Waals surface area contributed by atoms with Crippen molar-refractivity contribution in [3.8, 4) is 11.5 Å². The lowest BCUT2D eigenvalue weighted by atomic mass is 10.0. The van der Waals surface area contributed by atoms with Crippen molar-refractivity contribution < 1.29 is 42.9 Å². The van der Waals surface area contributed by atoms with Gasteiger partial charge in [-0.25, -0.2) is 38.0 Å². The van der Waals surface area contributed by atoms with E-state index in [1.807, 2.05) is 43.8 Å². The number of amides is 4. The first-order valence-electron chi connectivity index (χ1n) is 39.9. The molecule has 0 bridgehead atoms. The maximum Gasteiger partial charge on any atom is 0.263 e. The zero-order chi connectivity index (χ0) is 81.0. The highest BCUT2D eigenvalue weighted by Gasteiger charge is 2.37. The van der Waals surface area contributed by atoms with Crippen molar-refractivity contribution in [1.29, 1.82) is 0 Å². The number of nitrogens with zero attached hydrogens (tertiary/aromatic N) is 20. The first kappa shape index (κ1) is 76.8. The smallest absolute Gasteiger partial charge is 0.263 e. The molecule has 7 aliphatic heterocycles. The zero-order valence-corrected chi connectivity index (χ0v) is 65.9. The fourth-order valence-electron chi connectivity index (χ4n) is 16.2. The fraction of sp³-hybridized carbons (Fsp3) is 0.407. The van der Waals surface area contributed by atoms with Crippen LogP contribution in [0.5, 0.6) is 11.5 Å². The summed E-state index contributed by atoms with van der Waals surface area (Å²) in [5.74, 6) is 1.29. The summed E-state index contributed by atoms with van der Waals surface area (Å²) in [7, 11) is 3.07. The highest BCUT2D eigenvalue weighted by molar-refractivity contribution is 6.14. The minimum atomic E-state index is -0.402. The maximum atomic E-state index is 13.1. The van der Waals surface area contributed by atoms with Crippen molar-refractivity contribution in [2.24, 2.45) is 0 Å². The third-order valence-corrected chi connectivity index (χ3v) is 23.1. The van der Waals surface area contributed by atoms with Crippen molar-refractivity contribution in [3.05, 3.63) is 177 Å². The molecule has 12 aromatic rings. The molecule has 21 rings (SSSR count). The van der Waals surface area contributed by atoms with Gasteiger partial charge in [-0.15, -0.1) is 20.4 Å². The molecular weight excluding hydrogens is 1510 g/mol. The van der Waals surface area contributed by atoms with Crippen LogP contribution in [0.4, 0.5) is 46.0 Å². The normalized spacial score (nSPS) is 17.5. The third-order valence-electron chi connectivity index (χ3n) is 23.1. The molecule has 9 aliphatic rings.